The van der Waals surface area contributed by atoms with Gasteiger partial charge in [-0.3, -0.25) is 9.59 Å². The minimum absolute atomic E-state index is 0.0863. The first-order valence-corrected chi connectivity index (χ1v) is 6.03. The van der Waals surface area contributed by atoms with Crippen molar-refractivity contribution in [3.63, 3.8) is 0 Å². The van der Waals surface area contributed by atoms with Crippen LogP contribution in [0.5, 0.6) is 0 Å². The second-order valence-corrected chi connectivity index (χ2v) is 4.68. The van der Waals surface area contributed by atoms with E-state index in [1.165, 1.54) is 0 Å². The molecule has 1 aromatic carbocycles. The van der Waals surface area contributed by atoms with E-state index in [1.807, 2.05) is 12.1 Å². The van der Waals surface area contributed by atoms with E-state index in [4.69, 9.17) is 10.8 Å². The van der Waals surface area contributed by atoms with Gasteiger partial charge in [0, 0.05) is 12.0 Å². The predicted octanol–water partition coefficient (Wildman–Crippen LogP) is 2.18. The molecule has 1 rings (SSSR count). The molecular formula is C14H19NO3. The number of carboxylic acid groups (broad SMARTS) is 1. The maximum Gasteiger partial charge on any atom is 0.303 e. The van der Waals surface area contributed by atoms with E-state index in [0.717, 1.165) is 5.56 Å². The number of hydrogen-bond acceptors (Lipinski definition) is 3. The molecule has 1 atom stereocenters. The second-order valence-electron chi connectivity index (χ2n) is 4.68. The summed E-state index contributed by atoms with van der Waals surface area (Å²) < 4.78 is 0. The summed E-state index contributed by atoms with van der Waals surface area (Å²) in [6.45, 7) is 4.16. The molecule has 0 aliphatic rings. The first-order valence-electron chi connectivity index (χ1n) is 6.03. The number of nitrogens with two attached hydrogens (primary N) is 1. The van der Waals surface area contributed by atoms with Crippen LogP contribution in [0.15, 0.2) is 24.3 Å². The SMILES string of the molecule is CC(C)c1ccc(C(=O)C(N)CCC(=O)O)cc1. The van der Waals surface area contributed by atoms with Crippen molar-refractivity contribution in [2.24, 2.45) is 5.73 Å². The van der Waals surface area contributed by atoms with Crippen molar-refractivity contribution in [1.82, 2.24) is 0 Å². The van der Waals surface area contributed by atoms with E-state index in [-0.39, 0.29) is 18.6 Å². The number of aliphatic carboxylic acids is 1. The second kappa shape index (κ2) is 6.31. The fourth-order valence-corrected chi connectivity index (χ4v) is 1.66. The fraction of sp³-hybridized carbons (Fsp3) is 0.429. The Balaban J connectivity index is 2.68. The summed E-state index contributed by atoms with van der Waals surface area (Å²) in [6.07, 6.45) is 0.0804. The highest BCUT2D eigenvalue weighted by Crippen LogP contribution is 2.15. The van der Waals surface area contributed by atoms with Gasteiger partial charge < -0.3 is 10.8 Å². The zero-order chi connectivity index (χ0) is 13.7. The number of Topliss-reactive ketones (excluding diaryl/α,β-unsaturated/α-hetero) is 1. The van der Waals surface area contributed by atoms with E-state index >= 15 is 0 Å². The topological polar surface area (TPSA) is 80.4 Å². The molecule has 0 fully saturated rings. The van der Waals surface area contributed by atoms with E-state index in [2.05, 4.69) is 13.8 Å². The standard InChI is InChI=1S/C14H19NO3/c1-9(2)10-3-5-11(6-4-10)14(18)12(15)7-8-13(16)17/h3-6,9,12H,7-8,15H2,1-2H3,(H,16,17). The Hall–Kier alpha value is -1.68. The van der Waals surface area contributed by atoms with Crippen LogP contribution >= 0.6 is 0 Å². The molecule has 0 amide bonds. The van der Waals surface area contributed by atoms with Crippen molar-refractivity contribution >= 4 is 11.8 Å². The monoisotopic (exact) mass is 249 g/mol. The van der Waals surface area contributed by atoms with Gasteiger partial charge in [0.1, 0.15) is 0 Å². The minimum atomic E-state index is -0.937. The number of hydrogen-bond donors (Lipinski definition) is 2. The van der Waals surface area contributed by atoms with Gasteiger partial charge in [0.05, 0.1) is 6.04 Å². The largest absolute Gasteiger partial charge is 0.481 e. The Morgan fingerprint density at radius 2 is 1.78 bits per heavy atom. The summed E-state index contributed by atoms with van der Waals surface area (Å²) in [7, 11) is 0. The number of carboxylic acids is 1. The molecule has 18 heavy (non-hydrogen) atoms. The molecule has 0 spiro atoms. The highest BCUT2D eigenvalue weighted by atomic mass is 16.4. The molecule has 1 aromatic rings. The van der Waals surface area contributed by atoms with Crippen molar-refractivity contribution in [2.75, 3.05) is 0 Å². The van der Waals surface area contributed by atoms with Gasteiger partial charge in [-0.2, -0.15) is 0 Å². The molecule has 4 heteroatoms. The van der Waals surface area contributed by atoms with Crippen LogP contribution < -0.4 is 5.73 Å². The van der Waals surface area contributed by atoms with E-state index < -0.39 is 12.0 Å². The Labute approximate surface area is 107 Å². The normalized spacial score (nSPS) is 12.4. The Kier molecular flexibility index (Phi) is 5.04. The van der Waals surface area contributed by atoms with E-state index in [1.54, 1.807) is 12.1 Å². The molecule has 0 saturated carbocycles. The zero-order valence-electron chi connectivity index (χ0n) is 10.7. The quantitative estimate of drug-likeness (QED) is 0.757. The van der Waals surface area contributed by atoms with Crippen LogP contribution in [0.2, 0.25) is 0 Å². The highest BCUT2D eigenvalue weighted by molar-refractivity contribution is 6.00. The third-order valence-electron chi connectivity index (χ3n) is 2.87. The molecule has 0 aliphatic carbocycles. The lowest BCUT2D eigenvalue weighted by Crippen LogP contribution is -2.31. The molecule has 0 radical (unpaired) electrons. The maximum absolute atomic E-state index is 11.9. The zero-order valence-corrected chi connectivity index (χ0v) is 10.7. The summed E-state index contributed by atoms with van der Waals surface area (Å²) in [4.78, 5) is 22.3. The molecule has 0 saturated heterocycles. The van der Waals surface area contributed by atoms with Gasteiger partial charge >= 0.3 is 5.97 Å². The maximum atomic E-state index is 11.9. The molecule has 4 nitrogen and oxygen atoms in total. The Morgan fingerprint density at radius 3 is 2.22 bits per heavy atom. The Bertz CT molecular complexity index is 423. The van der Waals surface area contributed by atoms with Crippen LogP contribution in [-0.2, 0) is 4.79 Å². The van der Waals surface area contributed by atoms with E-state index in [0.29, 0.717) is 11.5 Å². The Morgan fingerprint density at radius 1 is 1.22 bits per heavy atom. The van der Waals surface area contributed by atoms with Gasteiger partial charge in [0.2, 0.25) is 0 Å². The van der Waals surface area contributed by atoms with Gasteiger partial charge in [-0.15, -0.1) is 0 Å². The van der Waals surface area contributed by atoms with Gasteiger partial charge in [-0.05, 0) is 17.9 Å². The van der Waals surface area contributed by atoms with Crippen LogP contribution in [0.3, 0.4) is 0 Å². The molecule has 0 aliphatic heterocycles. The van der Waals surface area contributed by atoms with Crippen LogP contribution in [-0.4, -0.2) is 22.9 Å². The van der Waals surface area contributed by atoms with Crippen molar-refractivity contribution < 1.29 is 14.7 Å². The van der Waals surface area contributed by atoms with Crippen molar-refractivity contribution in [3.05, 3.63) is 35.4 Å². The third-order valence-corrected chi connectivity index (χ3v) is 2.87. The average molecular weight is 249 g/mol. The molecule has 0 heterocycles. The van der Waals surface area contributed by atoms with Crippen molar-refractivity contribution in [3.8, 4) is 0 Å². The summed E-state index contributed by atoms with van der Waals surface area (Å²) in [5.74, 6) is -0.727. The van der Waals surface area contributed by atoms with Crippen LogP contribution in [0.25, 0.3) is 0 Å². The smallest absolute Gasteiger partial charge is 0.303 e. The molecule has 0 aromatic heterocycles. The molecule has 3 N–H and O–H groups in total. The van der Waals surface area contributed by atoms with Gasteiger partial charge in [0.25, 0.3) is 0 Å². The van der Waals surface area contributed by atoms with Gasteiger partial charge in [0.15, 0.2) is 5.78 Å². The first kappa shape index (κ1) is 14.4. The molecule has 98 valence electrons. The van der Waals surface area contributed by atoms with E-state index in [9.17, 15) is 9.59 Å². The molecule has 1 unspecified atom stereocenters. The van der Waals surface area contributed by atoms with Crippen LogP contribution in [0, 0.1) is 0 Å². The lowest BCUT2D eigenvalue weighted by molar-refractivity contribution is -0.137. The number of ketones is 1. The predicted molar refractivity (Wildman–Crippen MR) is 69.7 cm³/mol. The van der Waals surface area contributed by atoms with Crippen molar-refractivity contribution in [2.45, 2.75) is 38.6 Å². The van der Waals surface area contributed by atoms with Crippen molar-refractivity contribution in [1.29, 1.82) is 0 Å². The third kappa shape index (κ3) is 3.96. The average Bonchev–Trinajstić information content (AvgIpc) is 2.35. The van der Waals surface area contributed by atoms with Crippen LogP contribution in [0.1, 0.15) is 48.5 Å². The number of carbonyl (C=O) groups is 2. The summed E-state index contributed by atoms with van der Waals surface area (Å²) in [5.41, 5.74) is 7.38. The molecular weight excluding hydrogens is 230 g/mol. The highest BCUT2D eigenvalue weighted by Gasteiger charge is 2.16. The first-order chi connectivity index (χ1) is 8.41. The lowest BCUT2D eigenvalue weighted by Gasteiger charge is -2.10. The lowest BCUT2D eigenvalue weighted by atomic mass is 9.97. The van der Waals surface area contributed by atoms with Gasteiger partial charge in [-0.25, -0.2) is 0 Å². The summed E-state index contributed by atoms with van der Waals surface area (Å²) in [6, 6.07) is 6.56. The summed E-state index contributed by atoms with van der Waals surface area (Å²) in [5, 5.41) is 8.55. The fourth-order valence-electron chi connectivity index (χ4n) is 1.66. The number of benzene rings is 1. The molecule has 0 bridgehead atoms. The number of rotatable bonds is 6. The minimum Gasteiger partial charge on any atom is -0.481 e. The van der Waals surface area contributed by atoms with Crippen LogP contribution in [0.4, 0.5) is 0 Å². The number of carbonyl (C=O) groups excluding carboxylic acids is 1. The van der Waals surface area contributed by atoms with Gasteiger partial charge in [-0.1, -0.05) is 38.1 Å². The summed E-state index contributed by atoms with van der Waals surface area (Å²) >= 11 is 0.